The first-order chi connectivity index (χ1) is 28.8. The van der Waals surface area contributed by atoms with Crippen LogP contribution < -0.4 is 4.57 Å². The summed E-state index contributed by atoms with van der Waals surface area (Å²) >= 11 is 0. The molecular weight excluding hydrogens is 699 g/mol. The molecule has 0 bridgehead atoms. The number of aryl methyl sites for hydroxylation is 3. The highest BCUT2D eigenvalue weighted by molar-refractivity contribution is 5.21. The number of rotatable bonds is 49. The van der Waals surface area contributed by atoms with E-state index in [1.165, 1.54) is 315 Å². The molecule has 0 amide bonds. The van der Waals surface area contributed by atoms with Crippen molar-refractivity contribution in [3.63, 3.8) is 0 Å². The highest BCUT2D eigenvalue weighted by Gasteiger charge is 2.10. The van der Waals surface area contributed by atoms with Gasteiger partial charge in [0.05, 0.1) is 0 Å². The number of aromatic nitrogens is 1. The van der Waals surface area contributed by atoms with E-state index in [-0.39, 0.29) is 0 Å². The van der Waals surface area contributed by atoms with Gasteiger partial charge in [0.1, 0.15) is 6.54 Å². The summed E-state index contributed by atoms with van der Waals surface area (Å²) in [5.41, 5.74) is 3.35. The second kappa shape index (κ2) is 47.2. The maximum atomic E-state index is 2.58. The van der Waals surface area contributed by atoms with Crippen molar-refractivity contribution in [3.05, 3.63) is 29.6 Å². The second-order valence-corrected chi connectivity index (χ2v) is 19.4. The van der Waals surface area contributed by atoms with Crippen LogP contribution in [0, 0.1) is 0 Å². The average molecular weight is 810 g/mol. The van der Waals surface area contributed by atoms with Gasteiger partial charge in [-0.3, -0.25) is 0 Å². The molecule has 0 atom stereocenters. The lowest BCUT2D eigenvalue weighted by Crippen LogP contribution is -2.34. The third-order valence-electron chi connectivity index (χ3n) is 13.6. The van der Waals surface area contributed by atoms with E-state index in [1.54, 1.807) is 11.1 Å². The Kier molecular flexibility index (Phi) is 44.9. The van der Waals surface area contributed by atoms with E-state index in [9.17, 15) is 0 Å². The van der Waals surface area contributed by atoms with Crippen molar-refractivity contribution in [2.45, 2.75) is 336 Å². The molecule has 0 radical (unpaired) electrons. The van der Waals surface area contributed by atoms with Gasteiger partial charge in [0.25, 0.3) is 0 Å². The minimum atomic E-state index is 1.21. The van der Waals surface area contributed by atoms with E-state index in [0.717, 1.165) is 0 Å². The Morgan fingerprint density at radius 2 is 0.483 bits per heavy atom. The summed E-state index contributed by atoms with van der Waals surface area (Å²) in [5.74, 6) is 0. The molecule has 1 aromatic rings. The van der Waals surface area contributed by atoms with Crippen molar-refractivity contribution in [2.75, 3.05) is 0 Å². The van der Waals surface area contributed by atoms with Gasteiger partial charge < -0.3 is 0 Å². The first kappa shape index (κ1) is 55.2. The van der Waals surface area contributed by atoms with Crippen LogP contribution in [-0.4, -0.2) is 0 Å². The first-order valence-corrected chi connectivity index (χ1v) is 27.8. The van der Waals surface area contributed by atoms with Crippen LogP contribution in [0.5, 0.6) is 0 Å². The minimum Gasteiger partial charge on any atom is -0.205 e. The topological polar surface area (TPSA) is 3.88 Å². The van der Waals surface area contributed by atoms with Crippen molar-refractivity contribution in [1.29, 1.82) is 0 Å². The smallest absolute Gasteiger partial charge is 0.172 e. The molecule has 1 heteroatoms. The van der Waals surface area contributed by atoms with Gasteiger partial charge in [-0.15, -0.1) is 0 Å². The molecule has 342 valence electrons. The summed E-state index contributed by atoms with van der Waals surface area (Å²) in [6.07, 6.45) is 74.2. The molecule has 0 saturated carbocycles. The molecule has 0 spiro atoms. The van der Waals surface area contributed by atoms with Crippen LogP contribution in [-0.2, 0) is 19.4 Å². The normalized spacial score (nSPS) is 11.6. The molecule has 0 N–H and O–H groups in total. The van der Waals surface area contributed by atoms with Crippen LogP contribution in [0.1, 0.15) is 327 Å². The zero-order valence-corrected chi connectivity index (χ0v) is 40.8. The maximum Gasteiger partial charge on any atom is 0.172 e. The van der Waals surface area contributed by atoms with E-state index in [1.807, 2.05) is 0 Å². The molecule has 0 aliphatic heterocycles. The molecule has 0 saturated heterocycles. The summed E-state index contributed by atoms with van der Waals surface area (Å²) in [6, 6.07) is 2.52. The zero-order valence-electron chi connectivity index (χ0n) is 40.8. The third kappa shape index (κ3) is 39.3. The number of pyridine rings is 1. The summed E-state index contributed by atoms with van der Waals surface area (Å²) < 4.78 is 2.56. The largest absolute Gasteiger partial charge is 0.205 e. The van der Waals surface area contributed by atoms with Gasteiger partial charge in [-0.1, -0.05) is 290 Å². The van der Waals surface area contributed by atoms with Gasteiger partial charge in [-0.05, 0) is 37.7 Å². The molecule has 58 heavy (non-hydrogen) atoms. The van der Waals surface area contributed by atoms with E-state index in [2.05, 4.69) is 43.8 Å². The standard InChI is InChI=1S/C57H110N/c1-4-7-10-13-16-19-22-25-28-31-34-37-40-43-46-49-53-58-54-52-56(50-47-44-41-38-35-32-29-26-23-20-17-14-11-8-5-2)57(55-58)51-48-45-42-39-36-33-30-27-24-21-18-15-12-9-6-3/h52,54-55H,4-51,53H2,1-3H3/q+1. The highest BCUT2D eigenvalue weighted by Crippen LogP contribution is 2.19. The van der Waals surface area contributed by atoms with Crippen LogP contribution in [0.25, 0.3) is 0 Å². The summed E-state index contributed by atoms with van der Waals surface area (Å²) in [5, 5.41) is 0. The fraction of sp³-hybridized carbons (Fsp3) is 0.912. The van der Waals surface area contributed by atoms with E-state index in [4.69, 9.17) is 0 Å². The molecule has 1 heterocycles. The molecule has 0 unspecified atom stereocenters. The lowest BCUT2D eigenvalue weighted by molar-refractivity contribution is -0.697. The SMILES string of the molecule is CCCCCCCCCCCCCCCCCC[n+]1ccc(CCCCCCCCCCCCCCCCC)c(CCCCCCCCCCCCCCCCC)c1. The fourth-order valence-electron chi connectivity index (χ4n) is 9.44. The van der Waals surface area contributed by atoms with Crippen molar-refractivity contribution in [2.24, 2.45) is 0 Å². The predicted molar refractivity (Wildman–Crippen MR) is 263 cm³/mol. The third-order valence-corrected chi connectivity index (χ3v) is 13.6. The van der Waals surface area contributed by atoms with Crippen LogP contribution in [0.3, 0.4) is 0 Å². The van der Waals surface area contributed by atoms with Crippen LogP contribution in [0.15, 0.2) is 18.5 Å². The Bertz CT molecular complexity index is 905. The van der Waals surface area contributed by atoms with E-state index in [0.29, 0.717) is 0 Å². The van der Waals surface area contributed by atoms with Crippen molar-refractivity contribution in [3.8, 4) is 0 Å². The molecule has 1 rings (SSSR count). The van der Waals surface area contributed by atoms with Crippen LogP contribution >= 0.6 is 0 Å². The lowest BCUT2D eigenvalue weighted by Gasteiger charge is -2.10. The lowest BCUT2D eigenvalue weighted by atomic mass is 9.97. The first-order valence-electron chi connectivity index (χ1n) is 27.8. The van der Waals surface area contributed by atoms with E-state index < -0.39 is 0 Å². The molecule has 1 nitrogen and oxygen atoms in total. The Hall–Kier alpha value is -0.850. The molecule has 0 fully saturated rings. The molecular formula is C57H110N+. The van der Waals surface area contributed by atoms with Gasteiger partial charge in [0.15, 0.2) is 12.4 Å². The fourth-order valence-corrected chi connectivity index (χ4v) is 9.44. The molecule has 0 aliphatic rings. The number of nitrogens with zero attached hydrogens (tertiary/aromatic N) is 1. The number of hydrogen-bond acceptors (Lipinski definition) is 0. The zero-order chi connectivity index (χ0) is 41.5. The molecule has 1 aromatic heterocycles. The van der Waals surface area contributed by atoms with Gasteiger partial charge in [0.2, 0.25) is 0 Å². The highest BCUT2D eigenvalue weighted by atomic mass is 14.9. The quantitative estimate of drug-likeness (QED) is 0.0456. The van der Waals surface area contributed by atoms with E-state index >= 15 is 0 Å². The van der Waals surface area contributed by atoms with Gasteiger partial charge in [-0.2, -0.15) is 0 Å². The predicted octanol–water partition coefficient (Wildman–Crippen LogP) is 20.1. The summed E-state index contributed by atoms with van der Waals surface area (Å²) in [6.45, 7) is 8.16. The Balaban J connectivity index is 2.27. The maximum absolute atomic E-state index is 2.58. The Labute approximate surface area is 368 Å². The van der Waals surface area contributed by atoms with Crippen LogP contribution in [0.2, 0.25) is 0 Å². The minimum absolute atomic E-state index is 1.21. The molecule has 0 aliphatic carbocycles. The number of unbranched alkanes of at least 4 members (excludes halogenated alkanes) is 43. The van der Waals surface area contributed by atoms with Crippen molar-refractivity contribution in [1.82, 2.24) is 0 Å². The van der Waals surface area contributed by atoms with Gasteiger partial charge in [0, 0.05) is 18.1 Å². The number of hydrogen-bond donors (Lipinski definition) is 0. The molecule has 0 aromatic carbocycles. The monoisotopic (exact) mass is 809 g/mol. The Morgan fingerprint density at radius 1 is 0.259 bits per heavy atom. The van der Waals surface area contributed by atoms with Crippen molar-refractivity contribution < 1.29 is 4.57 Å². The summed E-state index contributed by atoms with van der Waals surface area (Å²) in [7, 11) is 0. The van der Waals surface area contributed by atoms with Crippen LogP contribution in [0.4, 0.5) is 0 Å². The Morgan fingerprint density at radius 3 is 0.759 bits per heavy atom. The second-order valence-electron chi connectivity index (χ2n) is 19.4. The summed E-state index contributed by atoms with van der Waals surface area (Å²) in [4.78, 5) is 0. The average Bonchev–Trinajstić information content (AvgIpc) is 3.24. The van der Waals surface area contributed by atoms with Gasteiger partial charge >= 0.3 is 0 Å². The van der Waals surface area contributed by atoms with Crippen molar-refractivity contribution >= 4 is 0 Å². The van der Waals surface area contributed by atoms with Gasteiger partial charge in [-0.25, -0.2) is 4.57 Å².